The van der Waals surface area contributed by atoms with E-state index in [4.69, 9.17) is 53.1 Å². The zero-order valence-electron chi connectivity index (χ0n) is 61.6. The van der Waals surface area contributed by atoms with Crippen LogP contribution in [0.4, 0.5) is 0 Å². The molecule has 0 aromatic heterocycles. The third-order valence-corrected chi connectivity index (χ3v) is 20.2. The minimum absolute atomic E-state index is 0.0422. The number of nitrogens with two attached hydrogens (primary N) is 1. The highest BCUT2D eigenvalue weighted by Gasteiger charge is 2.62. The molecular weight excluding hydrogens is 1500 g/mol. The number of amides is 9. The van der Waals surface area contributed by atoms with Crippen LogP contribution in [0.15, 0.2) is 0 Å². The van der Waals surface area contributed by atoms with Gasteiger partial charge >= 0.3 is 5.97 Å². The molecule has 632 valence electrons. The molecule has 0 aromatic carbocycles. The molecule has 7 aliphatic heterocycles. The monoisotopic (exact) mass is 1600 g/mol. The van der Waals surface area contributed by atoms with Crippen molar-refractivity contribution in [1.82, 2.24) is 41.7 Å². The van der Waals surface area contributed by atoms with E-state index in [1.54, 1.807) is 0 Å². The van der Waals surface area contributed by atoms with Gasteiger partial charge in [0.05, 0.1) is 63.8 Å². The van der Waals surface area contributed by atoms with Crippen molar-refractivity contribution in [1.29, 1.82) is 0 Å². The van der Waals surface area contributed by atoms with Crippen LogP contribution in [0, 0.1) is 5.92 Å². The first-order valence-corrected chi connectivity index (χ1v) is 36.0. The Morgan fingerprint density at radius 1 is 0.559 bits per heavy atom. The molecule has 111 heavy (non-hydrogen) atoms. The molecule has 0 spiro atoms. The maximum atomic E-state index is 15.0. The second-order valence-electron chi connectivity index (χ2n) is 28.5. The van der Waals surface area contributed by atoms with Gasteiger partial charge in [0, 0.05) is 46.7 Å². The Morgan fingerprint density at radius 3 is 1.67 bits per heavy atom. The molecule has 24 N–H and O–H groups in total. The van der Waals surface area contributed by atoms with Crippen LogP contribution in [-0.2, 0) is 100 Å². The van der Waals surface area contributed by atoms with Gasteiger partial charge in [-0.25, -0.2) is 4.79 Å². The number of hydrogen-bond donors (Lipinski definition) is 23. The molecule has 0 aromatic rings. The Balaban J connectivity index is 1.27. The SMILES string of the molecule is CC(=O)CC(CO)C(=O)NC(C(=O)NC(C)C(=O)N1CCCC1C(=O)N1CCCC1C(=O)NC(C)C(N)=O)C(C)O[C@H]1OC(CO[C@@H]2OC(CO)[C@@H](O[C@@H]3OC(CO)[C@H](O)[C@H](O)C3O)[C@H](O)C2NC(C)=O)[C@H](O)[C@H](O[C@@H]2OC(CO)[C@H](O)[C@H](O[C@]3(C(=O)O)C[C@@H](O)[C@@H](NC(C)=O)C([C@H](O)[C@H](O)CO)O3)C2O)C1NC(C)=O. The number of ketones is 1. The van der Waals surface area contributed by atoms with Crippen molar-refractivity contribution in [2.75, 3.05) is 52.7 Å². The van der Waals surface area contributed by atoms with Gasteiger partial charge in [0.2, 0.25) is 53.2 Å². The van der Waals surface area contributed by atoms with Gasteiger partial charge in [-0.1, -0.05) is 0 Å². The number of hydrogen-bond acceptors (Lipinski definition) is 36. The Kier molecular flexibility index (Phi) is 33.1. The van der Waals surface area contributed by atoms with E-state index in [-0.39, 0.29) is 32.4 Å². The van der Waals surface area contributed by atoms with Gasteiger partial charge in [0.15, 0.2) is 25.2 Å². The van der Waals surface area contributed by atoms with E-state index in [0.29, 0.717) is 6.42 Å². The van der Waals surface area contributed by atoms with Gasteiger partial charge in [0.25, 0.3) is 5.79 Å². The van der Waals surface area contributed by atoms with Crippen molar-refractivity contribution < 1.29 is 182 Å². The maximum Gasteiger partial charge on any atom is 0.364 e. The standard InChI is InChI=1S/C65H105N9O37/c1-22(80)14-29(16-75)55(95)72-38(57(97)68-24(3)58(98)74-13-9-11-31(74)59(99)73-12-8-10-30(73)56(96)67-23(2)54(66)94)25(4)103-61-41(71-28(7)83)51(45(89)37(107-61)21-102-60-40(70-27(6)82)46(90)50(36(20-79)106-60)108-62-48(92)47(91)43(87)34(18-77)104-62)109-63-49(93)53(44(88)35(19-78)105-63)111-65(64(100)101)15-32(84)39(69-26(5)81)52(110-65)42(86)33(85)17-76/h23-25,29-53,60-63,75-79,84-93H,8-21H2,1-7H3,(H2,66,94)(H,67,96)(H,68,97)(H,69,81)(H,70,82)(H,71,83)(H,72,95)(H,100,101)/t23?,24?,25?,29?,30?,31?,32-,33-,34?,35?,36?,37?,38?,39-,40?,41?,42-,43+,44+,45+,46-,47+,48?,49?,50-,51-,52?,53+,60-,61+,62+,63+,65+/m1/s1. The summed E-state index contributed by atoms with van der Waals surface area (Å²) in [5.41, 5.74) is 5.35. The molecule has 46 nitrogen and oxygen atoms in total. The van der Waals surface area contributed by atoms with Crippen LogP contribution in [0.5, 0.6) is 0 Å². The third-order valence-electron chi connectivity index (χ3n) is 20.2. The molecule has 7 rings (SSSR count). The highest BCUT2D eigenvalue weighted by Crippen LogP contribution is 2.40. The molecule has 46 heteroatoms. The lowest BCUT2D eigenvalue weighted by Gasteiger charge is -2.51. The van der Waals surface area contributed by atoms with Crippen LogP contribution >= 0.6 is 0 Å². The molecular formula is C65H105N9O37. The normalized spacial score (nSPS) is 37.0. The van der Waals surface area contributed by atoms with Crippen LogP contribution < -0.4 is 37.6 Å². The maximum absolute atomic E-state index is 15.0. The molecule has 0 saturated carbocycles. The second kappa shape index (κ2) is 40.1. The molecule has 7 aliphatic rings. The summed E-state index contributed by atoms with van der Waals surface area (Å²) in [5, 5.41) is 190. The number of carbonyl (C=O) groups is 11. The molecule has 16 unspecified atom stereocenters. The number of ether oxygens (including phenoxy) is 10. The number of nitrogens with zero attached hydrogens (tertiary/aromatic N) is 2. The van der Waals surface area contributed by atoms with Crippen LogP contribution in [-0.4, -0.2) is 404 Å². The molecule has 0 aliphatic carbocycles. The van der Waals surface area contributed by atoms with E-state index >= 15 is 4.79 Å². The highest BCUT2D eigenvalue weighted by atomic mass is 16.8. The van der Waals surface area contributed by atoms with Gasteiger partial charge in [0.1, 0.15) is 152 Å². The second-order valence-corrected chi connectivity index (χ2v) is 28.5. The van der Waals surface area contributed by atoms with Gasteiger partial charge in [-0.3, -0.25) is 43.2 Å². The fraction of sp³-hybridized carbons (Fsp3) is 0.831. The first-order chi connectivity index (χ1) is 52.2. The fourth-order valence-corrected chi connectivity index (χ4v) is 14.3. The molecule has 0 bridgehead atoms. The summed E-state index contributed by atoms with van der Waals surface area (Å²) < 4.78 is 59.8. The van der Waals surface area contributed by atoms with Gasteiger partial charge in [-0.05, 0) is 53.4 Å². The van der Waals surface area contributed by atoms with Crippen molar-refractivity contribution in [3.05, 3.63) is 0 Å². The largest absolute Gasteiger partial charge is 0.477 e. The number of carboxylic acids is 1. The van der Waals surface area contributed by atoms with Crippen molar-refractivity contribution in [3.8, 4) is 0 Å². The topological polar surface area (TPSA) is 708 Å². The van der Waals surface area contributed by atoms with Crippen LogP contribution in [0.2, 0.25) is 0 Å². The minimum Gasteiger partial charge on any atom is -0.477 e. The summed E-state index contributed by atoms with van der Waals surface area (Å²) in [5.74, 6) is -16.0. The molecule has 9 amide bonds. The number of carboxylic acid groups (broad SMARTS) is 1. The lowest BCUT2D eigenvalue weighted by atomic mass is 9.88. The summed E-state index contributed by atoms with van der Waals surface area (Å²) in [7, 11) is 0. The Morgan fingerprint density at radius 2 is 1.10 bits per heavy atom. The number of primary amides is 1. The van der Waals surface area contributed by atoms with Gasteiger partial charge in [-0.2, -0.15) is 0 Å². The van der Waals surface area contributed by atoms with E-state index in [0.717, 1.165) is 39.5 Å². The average molecular weight is 1600 g/mol. The fourth-order valence-electron chi connectivity index (χ4n) is 14.3. The Hall–Kier alpha value is -6.63. The number of likely N-dealkylation sites (tertiary alicyclic amines) is 2. The van der Waals surface area contributed by atoms with E-state index in [2.05, 4.69) is 31.9 Å². The van der Waals surface area contributed by atoms with E-state index in [1.165, 1.54) is 18.7 Å². The molecule has 7 heterocycles. The highest BCUT2D eigenvalue weighted by molar-refractivity contribution is 5.97. The zero-order valence-corrected chi connectivity index (χ0v) is 61.6. The zero-order chi connectivity index (χ0) is 82.7. The molecule has 33 atom stereocenters. The summed E-state index contributed by atoms with van der Waals surface area (Å²) in [4.78, 5) is 150. The van der Waals surface area contributed by atoms with E-state index < -0.39 is 319 Å². The predicted octanol–water partition coefficient (Wildman–Crippen LogP) is -14.3. The lowest BCUT2D eigenvalue weighted by Crippen LogP contribution is -2.71. The van der Waals surface area contributed by atoms with Crippen molar-refractivity contribution >= 4 is 64.9 Å². The minimum atomic E-state index is -3.35. The summed E-state index contributed by atoms with van der Waals surface area (Å²) in [6.45, 7) is 1.03. The quantitative estimate of drug-likeness (QED) is 0.0284. The van der Waals surface area contributed by atoms with E-state index in [1.807, 2.05) is 0 Å². The smallest absolute Gasteiger partial charge is 0.364 e. The van der Waals surface area contributed by atoms with Crippen molar-refractivity contribution in [2.24, 2.45) is 11.7 Å². The van der Waals surface area contributed by atoms with Crippen molar-refractivity contribution in [3.63, 3.8) is 0 Å². The number of aliphatic carboxylic acids is 1. The molecule has 7 saturated heterocycles. The number of carbonyl (C=O) groups excluding carboxylic acids is 10. The summed E-state index contributed by atoms with van der Waals surface area (Å²) in [6, 6.07) is -12.7. The van der Waals surface area contributed by atoms with Gasteiger partial charge < -0.3 is 181 Å². The third kappa shape index (κ3) is 21.7. The lowest BCUT2D eigenvalue weighted by molar-refractivity contribution is -0.383. The first-order valence-electron chi connectivity index (χ1n) is 36.0. The molecule has 0 radical (unpaired) electrons. The summed E-state index contributed by atoms with van der Waals surface area (Å²) in [6.07, 6.45) is -49.8. The van der Waals surface area contributed by atoms with E-state index in [9.17, 15) is 130 Å². The summed E-state index contributed by atoms with van der Waals surface area (Å²) >= 11 is 0. The van der Waals surface area contributed by atoms with Crippen LogP contribution in [0.25, 0.3) is 0 Å². The van der Waals surface area contributed by atoms with Gasteiger partial charge in [-0.15, -0.1) is 0 Å². The first kappa shape index (κ1) is 91.6. The average Bonchev–Trinajstić information content (AvgIpc) is 1.18. The Labute approximate surface area is 633 Å². The number of aliphatic hydroxyl groups excluding tert-OH is 15. The predicted molar refractivity (Wildman–Crippen MR) is 359 cm³/mol. The number of nitrogens with one attached hydrogen (secondary N) is 6. The Bertz CT molecular complexity index is 3230. The van der Waals surface area contributed by atoms with Crippen molar-refractivity contribution in [2.45, 2.75) is 282 Å². The number of aliphatic hydroxyl groups is 15. The number of rotatable bonds is 34. The van der Waals surface area contributed by atoms with Crippen LogP contribution in [0.1, 0.15) is 87.0 Å². The molecule has 7 fully saturated rings. The number of Topliss-reactive ketones (excluding diaryl/α,β-unsaturated/α-hetero) is 1. The van der Waals surface area contributed by atoms with Crippen LogP contribution in [0.3, 0.4) is 0 Å².